The summed E-state index contributed by atoms with van der Waals surface area (Å²) in [5.74, 6) is 0.348. The second kappa shape index (κ2) is 9.27. The number of halogens is 2. The van der Waals surface area contributed by atoms with Gasteiger partial charge in [0.05, 0.1) is 27.3 Å². The lowest BCUT2D eigenvalue weighted by molar-refractivity contribution is -0.384. The van der Waals surface area contributed by atoms with Gasteiger partial charge in [-0.2, -0.15) is 5.10 Å². The number of aromatic nitrogens is 2. The molecule has 0 bridgehead atoms. The molecule has 8 nitrogen and oxygen atoms in total. The summed E-state index contributed by atoms with van der Waals surface area (Å²) in [6.45, 7) is 3.68. The summed E-state index contributed by atoms with van der Waals surface area (Å²) in [4.78, 5) is 23.6. The molecule has 0 aliphatic heterocycles. The van der Waals surface area contributed by atoms with Gasteiger partial charge in [-0.05, 0) is 53.0 Å². The van der Waals surface area contributed by atoms with Crippen LogP contribution in [0.1, 0.15) is 24.9 Å². The van der Waals surface area contributed by atoms with Crippen LogP contribution >= 0.6 is 27.5 Å². The van der Waals surface area contributed by atoms with Gasteiger partial charge in [-0.1, -0.05) is 18.5 Å². The zero-order chi connectivity index (χ0) is 21.8. The van der Waals surface area contributed by atoms with Crippen LogP contribution in [0.4, 0.5) is 11.4 Å². The summed E-state index contributed by atoms with van der Waals surface area (Å²) in [5.41, 5.74) is 0.854. The van der Waals surface area contributed by atoms with Crippen LogP contribution in [-0.2, 0) is 4.79 Å². The lowest BCUT2D eigenvalue weighted by Gasteiger charge is -2.16. The van der Waals surface area contributed by atoms with E-state index in [9.17, 15) is 14.9 Å². The van der Waals surface area contributed by atoms with E-state index in [-0.39, 0.29) is 23.0 Å². The van der Waals surface area contributed by atoms with Gasteiger partial charge in [-0.15, -0.1) is 0 Å². The number of hydrogen-bond acceptors (Lipinski definition) is 5. The number of non-ortho nitro benzene ring substituents is 1. The molecule has 0 radical (unpaired) electrons. The average molecular weight is 494 g/mol. The number of anilines is 1. The Morgan fingerprint density at radius 1 is 1.33 bits per heavy atom. The third-order valence-corrected chi connectivity index (χ3v) is 5.15. The average Bonchev–Trinajstić information content (AvgIpc) is 3.11. The van der Waals surface area contributed by atoms with E-state index >= 15 is 0 Å². The molecule has 1 atom stereocenters. The van der Waals surface area contributed by atoms with E-state index < -0.39 is 11.0 Å². The molecule has 0 aliphatic rings. The first kappa shape index (κ1) is 21.8. The van der Waals surface area contributed by atoms with Gasteiger partial charge in [-0.25, -0.2) is 0 Å². The lowest BCUT2D eigenvalue weighted by atomic mass is 10.2. The summed E-state index contributed by atoms with van der Waals surface area (Å²) < 4.78 is 8.04. The smallest absolute Gasteiger partial charge is 0.275 e. The number of carbonyl (C=O) groups is 1. The number of rotatable bonds is 7. The van der Waals surface area contributed by atoms with Crippen LogP contribution in [0, 0.1) is 17.0 Å². The molecule has 0 saturated heterocycles. The molecule has 1 heterocycles. The minimum atomic E-state index is -0.571. The van der Waals surface area contributed by atoms with E-state index in [4.69, 9.17) is 16.3 Å². The number of benzene rings is 2. The monoisotopic (exact) mass is 492 g/mol. The summed E-state index contributed by atoms with van der Waals surface area (Å²) in [5, 5.41) is 18.8. The third kappa shape index (κ3) is 5.17. The molecule has 156 valence electrons. The van der Waals surface area contributed by atoms with Crippen molar-refractivity contribution in [3.8, 4) is 11.5 Å². The Kier molecular flexibility index (Phi) is 6.73. The number of nitro benzene ring substituents is 1. The van der Waals surface area contributed by atoms with Gasteiger partial charge in [0, 0.05) is 23.4 Å². The Hall–Kier alpha value is -2.91. The quantitative estimate of drug-likeness (QED) is 0.326. The third-order valence-electron chi connectivity index (χ3n) is 4.31. The molecule has 0 spiro atoms. The van der Waals surface area contributed by atoms with Gasteiger partial charge >= 0.3 is 0 Å². The highest BCUT2D eigenvalue weighted by atomic mass is 79.9. The van der Waals surface area contributed by atoms with Crippen LogP contribution < -0.4 is 10.1 Å². The number of nitrogens with one attached hydrogen (secondary N) is 1. The SMILES string of the molecule is CCC(C(=O)Nc1cc(Oc2ccc(Cl)c(C)c2)cc([N+](=O)[O-])c1)n1cc(Br)cn1. The van der Waals surface area contributed by atoms with Crippen molar-refractivity contribution < 1.29 is 14.5 Å². The number of carbonyl (C=O) groups excluding carboxylic acids is 1. The molecular formula is C20H18BrClN4O4. The molecule has 3 rings (SSSR count). The van der Waals surface area contributed by atoms with Crippen LogP contribution in [0.2, 0.25) is 5.02 Å². The lowest BCUT2D eigenvalue weighted by Crippen LogP contribution is -2.26. The van der Waals surface area contributed by atoms with E-state index in [0.717, 1.165) is 10.0 Å². The van der Waals surface area contributed by atoms with E-state index in [0.29, 0.717) is 17.2 Å². The summed E-state index contributed by atoms with van der Waals surface area (Å²) in [7, 11) is 0. The molecule has 3 aromatic rings. The molecule has 30 heavy (non-hydrogen) atoms. The zero-order valence-electron chi connectivity index (χ0n) is 16.1. The second-order valence-corrected chi connectivity index (χ2v) is 7.86. The van der Waals surface area contributed by atoms with E-state index in [1.807, 2.05) is 13.8 Å². The van der Waals surface area contributed by atoms with Crippen LogP contribution in [-0.4, -0.2) is 20.6 Å². The van der Waals surface area contributed by atoms with Crippen molar-refractivity contribution in [3.63, 3.8) is 0 Å². The van der Waals surface area contributed by atoms with Gasteiger partial charge in [0.2, 0.25) is 5.91 Å². The van der Waals surface area contributed by atoms with Gasteiger partial charge < -0.3 is 10.1 Å². The minimum Gasteiger partial charge on any atom is -0.457 e. The summed E-state index contributed by atoms with van der Waals surface area (Å²) in [6.07, 6.45) is 3.77. The number of ether oxygens (including phenoxy) is 1. The molecular weight excluding hydrogens is 476 g/mol. The molecule has 1 N–H and O–H groups in total. The molecule has 0 fully saturated rings. The molecule has 1 amide bonds. The molecule has 2 aromatic carbocycles. The van der Waals surface area contributed by atoms with Gasteiger partial charge in [0.1, 0.15) is 17.5 Å². The van der Waals surface area contributed by atoms with Crippen molar-refractivity contribution in [2.45, 2.75) is 26.3 Å². The number of amides is 1. The molecule has 0 aliphatic carbocycles. The normalized spacial score (nSPS) is 11.7. The summed E-state index contributed by atoms with van der Waals surface area (Å²) in [6, 6.07) is 8.60. The Morgan fingerprint density at radius 3 is 2.70 bits per heavy atom. The topological polar surface area (TPSA) is 99.3 Å². The van der Waals surface area contributed by atoms with Crippen molar-refractivity contribution in [1.82, 2.24) is 9.78 Å². The van der Waals surface area contributed by atoms with Crippen molar-refractivity contribution in [2.75, 3.05) is 5.32 Å². The maximum Gasteiger partial charge on any atom is 0.275 e. The minimum absolute atomic E-state index is 0.205. The molecule has 0 saturated carbocycles. The number of aryl methyl sites for hydroxylation is 1. The molecule has 1 unspecified atom stereocenters. The first-order valence-electron chi connectivity index (χ1n) is 9.01. The van der Waals surface area contributed by atoms with E-state index in [1.165, 1.54) is 22.9 Å². The van der Waals surface area contributed by atoms with Crippen LogP contribution in [0.15, 0.2) is 53.3 Å². The van der Waals surface area contributed by atoms with Gasteiger partial charge in [-0.3, -0.25) is 19.6 Å². The van der Waals surface area contributed by atoms with Crippen LogP contribution in [0.3, 0.4) is 0 Å². The fraction of sp³-hybridized carbons (Fsp3) is 0.200. The Labute approximate surface area is 186 Å². The van der Waals surface area contributed by atoms with Crippen molar-refractivity contribution in [3.05, 3.63) is 74.0 Å². The van der Waals surface area contributed by atoms with Crippen LogP contribution in [0.25, 0.3) is 0 Å². The predicted octanol–water partition coefficient (Wildman–Crippen LogP) is 5.90. The van der Waals surface area contributed by atoms with E-state index in [2.05, 4.69) is 26.3 Å². The predicted molar refractivity (Wildman–Crippen MR) is 117 cm³/mol. The maximum absolute atomic E-state index is 12.8. The van der Waals surface area contributed by atoms with Crippen molar-refractivity contribution in [2.24, 2.45) is 0 Å². The summed E-state index contributed by atoms with van der Waals surface area (Å²) >= 11 is 9.33. The highest BCUT2D eigenvalue weighted by Gasteiger charge is 2.21. The Morgan fingerprint density at radius 2 is 2.10 bits per heavy atom. The molecule has 1 aromatic heterocycles. The Bertz CT molecular complexity index is 1100. The number of nitro groups is 1. The molecule has 10 heteroatoms. The first-order chi connectivity index (χ1) is 14.3. The van der Waals surface area contributed by atoms with Crippen molar-refractivity contribution in [1.29, 1.82) is 0 Å². The first-order valence-corrected chi connectivity index (χ1v) is 10.2. The van der Waals surface area contributed by atoms with Gasteiger partial charge in [0.15, 0.2) is 0 Å². The fourth-order valence-corrected chi connectivity index (χ4v) is 3.26. The fourth-order valence-electron chi connectivity index (χ4n) is 2.84. The van der Waals surface area contributed by atoms with Gasteiger partial charge in [0.25, 0.3) is 5.69 Å². The zero-order valence-corrected chi connectivity index (χ0v) is 18.5. The second-order valence-electron chi connectivity index (χ2n) is 6.54. The van der Waals surface area contributed by atoms with Crippen LogP contribution in [0.5, 0.6) is 11.5 Å². The standard InChI is InChI=1S/C20H18BrClN4O4/c1-3-19(25-11-13(21)10-23-25)20(27)24-14-7-15(26(28)29)9-17(8-14)30-16-4-5-18(22)12(2)6-16/h4-11,19H,3H2,1-2H3,(H,24,27). The van der Waals surface area contributed by atoms with E-state index in [1.54, 1.807) is 30.6 Å². The highest BCUT2D eigenvalue weighted by molar-refractivity contribution is 9.10. The largest absolute Gasteiger partial charge is 0.457 e. The maximum atomic E-state index is 12.8. The number of nitrogens with zero attached hydrogens (tertiary/aromatic N) is 3. The Balaban J connectivity index is 1.87. The highest BCUT2D eigenvalue weighted by Crippen LogP contribution is 2.31. The van der Waals surface area contributed by atoms with Crippen molar-refractivity contribution >= 4 is 44.8 Å². The number of hydrogen-bond donors (Lipinski definition) is 1.